The van der Waals surface area contributed by atoms with Gasteiger partial charge in [0.25, 0.3) is 0 Å². The Kier molecular flexibility index (Phi) is 2.99. The maximum atomic E-state index is 11.5. The summed E-state index contributed by atoms with van der Waals surface area (Å²) in [5.74, 6) is 1.04. The number of nitrogens with one attached hydrogen (secondary N) is 1. The molecule has 2 unspecified atom stereocenters. The number of amides is 1. The highest BCUT2D eigenvalue weighted by Crippen LogP contribution is 2.31. The molecule has 0 spiro atoms. The van der Waals surface area contributed by atoms with Gasteiger partial charge in [0, 0.05) is 37.3 Å². The molecule has 4 nitrogen and oxygen atoms in total. The van der Waals surface area contributed by atoms with Crippen molar-refractivity contribution in [2.24, 2.45) is 13.0 Å². The monoisotopic (exact) mass is 221 g/mol. The van der Waals surface area contributed by atoms with Crippen LogP contribution in [-0.4, -0.2) is 21.5 Å². The summed E-state index contributed by atoms with van der Waals surface area (Å²) < 4.78 is 2.01. The summed E-state index contributed by atoms with van der Waals surface area (Å²) in [6.07, 6.45) is 5.29. The average molecular weight is 221 g/mol. The van der Waals surface area contributed by atoms with Crippen LogP contribution in [0.25, 0.3) is 0 Å². The third-order valence-corrected chi connectivity index (χ3v) is 3.20. The highest BCUT2D eigenvalue weighted by molar-refractivity contribution is 5.80. The van der Waals surface area contributed by atoms with E-state index >= 15 is 0 Å². The Hall–Kier alpha value is -1.32. The van der Waals surface area contributed by atoms with E-state index in [0.29, 0.717) is 12.3 Å². The number of carbonyl (C=O) groups excluding carboxylic acids is 1. The molecule has 2 rings (SSSR count). The van der Waals surface area contributed by atoms with E-state index in [9.17, 15) is 4.79 Å². The van der Waals surface area contributed by atoms with Crippen LogP contribution in [0.3, 0.4) is 0 Å². The Balaban J connectivity index is 2.19. The number of nitrogens with zero attached hydrogens (tertiary/aromatic N) is 2. The van der Waals surface area contributed by atoms with Gasteiger partial charge in [0.15, 0.2) is 0 Å². The number of aryl methyl sites for hydroxylation is 1. The first-order chi connectivity index (χ1) is 7.58. The highest BCUT2D eigenvalue weighted by Gasteiger charge is 2.35. The molecule has 0 saturated carbocycles. The lowest BCUT2D eigenvalue weighted by Crippen LogP contribution is -2.30. The molecule has 0 bridgehead atoms. The summed E-state index contributed by atoms with van der Waals surface area (Å²) in [6.45, 7) is 4.37. The van der Waals surface area contributed by atoms with Gasteiger partial charge in [-0.05, 0) is 12.3 Å². The summed E-state index contributed by atoms with van der Waals surface area (Å²) in [7, 11) is 1.98. The number of rotatable bonds is 3. The second kappa shape index (κ2) is 4.28. The van der Waals surface area contributed by atoms with Crippen LogP contribution < -0.4 is 5.32 Å². The van der Waals surface area contributed by atoms with E-state index in [-0.39, 0.29) is 17.9 Å². The fraction of sp³-hybridized carbons (Fsp3) is 0.667. The third kappa shape index (κ3) is 2.10. The summed E-state index contributed by atoms with van der Waals surface area (Å²) in [6, 6.07) is 0.267. The van der Waals surface area contributed by atoms with Crippen molar-refractivity contribution in [3.63, 3.8) is 0 Å². The minimum atomic E-state index is 0.164. The minimum Gasteiger partial charge on any atom is -0.353 e. The van der Waals surface area contributed by atoms with Crippen molar-refractivity contribution in [3.05, 3.63) is 18.2 Å². The number of hydrogen-bond donors (Lipinski definition) is 1. The van der Waals surface area contributed by atoms with Crippen LogP contribution in [0.5, 0.6) is 0 Å². The lowest BCUT2D eigenvalue weighted by atomic mass is 9.91. The van der Waals surface area contributed by atoms with E-state index in [0.717, 1.165) is 12.1 Å². The molecule has 88 valence electrons. The first kappa shape index (κ1) is 11.2. The van der Waals surface area contributed by atoms with Crippen molar-refractivity contribution >= 4 is 5.91 Å². The van der Waals surface area contributed by atoms with E-state index in [1.807, 2.05) is 17.8 Å². The molecule has 0 radical (unpaired) electrons. The molecule has 16 heavy (non-hydrogen) atoms. The molecule has 2 heterocycles. The van der Waals surface area contributed by atoms with E-state index < -0.39 is 0 Å². The van der Waals surface area contributed by atoms with Crippen molar-refractivity contribution < 1.29 is 4.79 Å². The van der Waals surface area contributed by atoms with Crippen molar-refractivity contribution in [1.29, 1.82) is 0 Å². The number of imidazole rings is 1. The molecular weight excluding hydrogens is 202 g/mol. The summed E-state index contributed by atoms with van der Waals surface area (Å²) in [5.41, 5.74) is 1.16. The molecule has 0 aliphatic carbocycles. The maximum Gasteiger partial charge on any atom is 0.220 e. The average Bonchev–Trinajstić information content (AvgIpc) is 2.71. The second-order valence-electron chi connectivity index (χ2n) is 5.04. The zero-order chi connectivity index (χ0) is 11.7. The molecular formula is C12H19N3O. The van der Waals surface area contributed by atoms with Gasteiger partial charge < -0.3 is 9.88 Å². The van der Waals surface area contributed by atoms with Gasteiger partial charge in [-0.3, -0.25) is 4.79 Å². The van der Waals surface area contributed by atoms with Crippen LogP contribution in [0.15, 0.2) is 12.5 Å². The summed E-state index contributed by atoms with van der Waals surface area (Å²) in [5, 5.41) is 3.07. The Labute approximate surface area is 96.1 Å². The predicted octanol–water partition coefficient (Wildman–Crippen LogP) is 1.44. The van der Waals surface area contributed by atoms with E-state index in [4.69, 9.17) is 0 Å². The van der Waals surface area contributed by atoms with Gasteiger partial charge in [0.05, 0.1) is 6.33 Å². The molecule has 2 atom stereocenters. The molecule has 1 aromatic rings. The normalized spacial score (nSPS) is 25.1. The third-order valence-electron chi connectivity index (χ3n) is 3.20. The molecule has 4 heteroatoms. The first-order valence-electron chi connectivity index (χ1n) is 5.83. The second-order valence-corrected chi connectivity index (χ2v) is 5.04. The van der Waals surface area contributed by atoms with Crippen LogP contribution >= 0.6 is 0 Å². The lowest BCUT2D eigenvalue weighted by molar-refractivity contribution is -0.119. The van der Waals surface area contributed by atoms with E-state index in [1.54, 1.807) is 6.33 Å². The molecule has 1 aliphatic heterocycles. The SMILES string of the molecule is CC(C)CC1NC(=O)CC1c1cncn1C. The molecule has 1 aromatic heterocycles. The molecule has 0 aromatic carbocycles. The van der Waals surface area contributed by atoms with Crippen molar-refractivity contribution in [1.82, 2.24) is 14.9 Å². The Morgan fingerprint density at radius 3 is 2.94 bits per heavy atom. The van der Waals surface area contributed by atoms with Crippen LogP contribution in [-0.2, 0) is 11.8 Å². The highest BCUT2D eigenvalue weighted by atomic mass is 16.2. The molecule has 1 N–H and O–H groups in total. The Morgan fingerprint density at radius 2 is 2.38 bits per heavy atom. The maximum absolute atomic E-state index is 11.5. The number of carbonyl (C=O) groups is 1. The van der Waals surface area contributed by atoms with E-state index in [1.165, 1.54) is 0 Å². The minimum absolute atomic E-state index is 0.164. The smallest absolute Gasteiger partial charge is 0.220 e. The van der Waals surface area contributed by atoms with Gasteiger partial charge >= 0.3 is 0 Å². The zero-order valence-electron chi connectivity index (χ0n) is 10.1. The van der Waals surface area contributed by atoms with Crippen LogP contribution in [0.1, 0.15) is 38.3 Å². The van der Waals surface area contributed by atoms with Gasteiger partial charge in [0.1, 0.15) is 0 Å². The van der Waals surface area contributed by atoms with Gasteiger partial charge in [-0.2, -0.15) is 0 Å². The molecule has 1 aliphatic rings. The van der Waals surface area contributed by atoms with Crippen molar-refractivity contribution in [2.75, 3.05) is 0 Å². The van der Waals surface area contributed by atoms with Crippen LogP contribution in [0.2, 0.25) is 0 Å². The Morgan fingerprint density at radius 1 is 1.62 bits per heavy atom. The molecule has 1 amide bonds. The fourth-order valence-corrected chi connectivity index (χ4v) is 2.47. The van der Waals surface area contributed by atoms with Crippen LogP contribution in [0, 0.1) is 5.92 Å². The van der Waals surface area contributed by atoms with E-state index in [2.05, 4.69) is 24.1 Å². The van der Waals surface area contributed by atoms with Crippen molar-refractivity contribution in [2.45, 2.75) is 38.6 Å². The van der Waals surface area contributed by atoms with Gasteiger partial charge in [-0.25, -0.2) is 4.98 Å². The first-order valence-corrected chi connectivity index (χ1v) is 5.83. The molecule has 1 fully saturated rings. The quantitative estimate of drug-likeness (QED) is 0.839. The number of aromatic nitrogens is 2. The van der Waals surface area contributed by atoms with Crippen LogP contribution in [0.4, 0.5) is 0 Å². The lowest BCUT2D eigenvalue weighted by Gasteiger charge is -2.20. The van der Waals surface area contributed by atoms with Crippen molar-refractivity contribution in [3.8, 4) is 0 Å². The number of hydrogen-bond acceptors (Lipinski definition) is 2. The predicted molar refractivity (Wildman–Crippen MR) is 62.0 cm³/mol. The topological polar surface area (TPSA) is 46.9 Å². The fourth-order valence-electron chi connectivity index (χ4n) is 2.47. The summed E-state index contributed by atoms with van der Waals surface area (Å²) in [4.78, 5) is 15.6. The Bertz CT molecular complexity index is 383. The summed E-state index contributed by atoms with van der Waals surface area (Å²) >= 11 is 0. The van der Waals surface area contributed by atoms with Gasteiger partial charge in [-0.15, -0.1) is 0 Å². The molecule has 1 saturated heterocycles. The van der Waals surface area contributed by atoms with Gasteiger partial charge in [-0.1, -0.05) is 13.8 Å². The zero-order valence-corrected chi connectivity index (χ0v) is 10.1. The standard InChI is InChI=1S/C12H19N3O/c1-8(2)4-10-9(5-12(16)14-10)11-6-13-7-15(11)3/h6-10H,4-5H2,1-3H3,(H,14,16). The van der Waals surface area contributed by atoms with Gasteiger partial charge in [0.2, 0.25) is 5.91 Å². The largest absolute Gasteiger partial charge is 0.353 e.